The molecule has 7 nitrogen and oxygen atoms in total. The van der Waals surface area contributed by atoms with Crippen molar-refractivity contribution < 1.29 is 18.0 Å². The van der Waals surface area contributed by atoms with Crippen molar-refractivity contribution >= 4 is 17.4 Å². The highest BCUT2D eigenvalue weighted by atomic mass is 19.4. The van der Waals surface area contributed by atoms with Gasteiger partial charge in [0.2, 0.25) is 0 Å². The van der Waals surface area contributed by atoms with E-state index in [9.17, 15) is 18.0 Å². The molecule has 0 saturated carbocycles. The van der Waals surface area contributed by atoms with Crippen LogP contribution in [0.3, 0.4) is 0 Å². The first kappa shape index (κ1) is 23.2. The molecule has 1 N–H and O–H groups in total. The fourth-order valence-electron chi connectivity index (χ4n) is 3.34. The lowest BCUT2D eigenvalue weighted by molar-refractivity contribution is -0.137. The molecule has 0 saturated heterocycles. The van der Waals surface area contributed by atoms with Crippen LogP contribution in [0, 0.1) is 0 Å². The number of pyridine rings is 2. The molecule has 3 rings (SSSR count). The third-order valence-corrected chi connectivity index (χ3v) is 4.98. The minimum atomic E-state index is -4.48. The van der Waals surface area contributed by atoms with E-state index in [2.05, 4.69) is 25.3 Å². The van der Waals surface area contributed by atoms with Gasteiger partial charge in [-0.3, -0.25) is 4.79 Å². The molecule has 0 unspecified atom stereocenters. The van der Waals surface area contributed by atoms with E-state index < -0.39 is 11.7 Å². The van der Waals surface area contributed by atoms with Crippen LogP contribution in [0.15, 0.2) is 42.9 Å². The normalized spacial score (nSPS) is 11.6. The fourth-order valence-corrected chi connectivity index (χ4v) is 3.34. The predicted octanol–water partition coefficient (Wildman–Crippen LogP) is 4.90. The number of halogens is 3. The molecule has 1 amide bonds. The van der Waals surface area contributed by atoms with E-state index in [4.69, 9.17) is 0 Å². The van der Waals surface area contributed by atoms with Crippen LogP contribution < -0.4 is 10.2 Å². The lowest BCUT2D eigenvalue weighted by Crippen LogP contribution is -2.23. The number of hydrogen-bond acceptors (Lipinski definition) is 5. The summed E-state index contributed by atoms with van der Waals surface area (Å²) in [4.78, 5) is 23.3. The number of hydrogen-bond donors (Lipinski definition) is 1. The highest BCUT2D eigenvalue weighted by Crippen LogP contribution is 2.29. The minimum Gasteiger partial charge on any atom is -0.357 e. The number of alkyl halides is 3. The summed E-state index contributed by atoms with van der Waals surface area (Å²) in [5, 5.41) is 7.02. The molecule has 0 bridgehead atoms. The van der Waals surface area contributed by atoms with Crippen molar-refractivity contribution in [3.05, 3.63) is 59.7 Å². The number of carbonyl (C=O) groups excluding carboxylic acids is 1. The predicted molar refractivity (Wildman–Crippen MR) is 116 cm³/mol. The lowest BCUT2D eigenvalue weighted by atomic mass is 10.1. The third-order valence-electron chi connectivity index (χ3n) is 4.98. The standard InChI is InChI=1S/C22H25F3N6O/c1-5-30(6-2)18-10-8-16(12-27-18)29-21(32)17-13-28-31(20(17)14(3)4)19-9-7-15(11-26-19)22(23,24)25/h7-14H,5-6H2,1-4H3,(H,29,32). The average molecular weight is 446 g/mol. The molecule has 0 aliphatic rings. The van der Waals surface area contributed by atoms with Crippen LogP contribution in [0.25, 0.3) is 5.82 Å². The van der Waals surface area contributed by atoms with Crippen LogP contribution in [0.2, 0.25) is 0 Å². The Morgan fingerprint density at radius 1 is 1.06 bits per heavy atom. The van der Waals surface area contributed by atoms with Gasteiger partial charge in [-0.2, -0.15) is 18.3 Å². The summed E-state index contributed by atoms with van der Waals surface area (Å²) in [5.41, 5.74) is 0.538. The maximum atomic E-state index is 12.9. The van der Waals surface area contributed by atoms with Crippen molar-refractivity contribution in [3.8, 4) is 5.82 Å². The first-order valence-corrected chi connectivity index (χ1v) is 10.3. The first-order valence-electron chi connectivity index (χ1n) is 10.3. The van der Waals surface area contributed by atoms with E-state index in [-0.39, 0.29) is 17.6 Å². The topological polar surface area (TPSA) is 75.9 Å². The Balaban J connectivity index is 1.86. The largest absolute Gasteiger partial charge is 0.417 e. The van der Waals surface area contributed by atoms with E-state index >= 15 is 0 Å². The molecule has 0 aliphatic heterocycles. The number of nitrogens with one attached hydrogen (secondary N) is 1. The average Bonchev–Trinajstić information content (AvgIpc) is 3.21. The molecule has 0 aromatic carbocycles. The molecule has 0 fully saturated rings. The zero-order chi connectivity index (χ0) is 23.5. The molecule has 170 valence electrons. The summed E-state index contributed by atoms with van der Waals surface area (Å²) in [5.74, 6) is 0.498. The zero-order valence-corrected chi connectivity index (χ0v) is 18.3. The summed E-state index contributed by atoms with van der Waals surface area (Å²) < 4.78 is 39.9. The Kier molecular flexibility index (Phi) is 6.81. The maximum Gasteiger partial charge on any atom is 0.417 e. The van der Waals surface area contributed by atoms with Gasteiger partial charge in [0.05, 0.1) is 34.9 Å². The van der Waals surface area contributed by atoms with Crippen molar-refractivity contribution in [1.82, 2.24) is 19.7 Å². The van der Waals surface area contributed by atoms with Gasteiger partial charge in [0.25, 0.3) is 5.91 Å². The zero-order valence-electron chi connectivity index (χ0n) is 18.3. The van der Waals surface area contributed by atoms with Crippen LogP contribution in [0.4, 0.5) is 24.7 Å². The quantitative estimate of drug-likeness (QED) is 0.559. The van der Waals surface area contributed by atoms with Gasteiger partial charge in [0.1, 0.15) is 5.82 Å². The summed E-state index contributed by atoms with van der Waals surface area (Å²) in [6.07, 6.45) is -0.745. The Labute approximate surface area is 184 Å². The number of anilines is 2. The van der Waals surface area contributed by atoms with Crippen LogP contribution in [-0.4, -0.2) is 38.7 Å². The number of carbonyl (C=O) groups is 1. The molecule has 0 aliphatic carbocycles. The molecule has 3 heterocycles. The number of aromatic nitrogens is 4. The Morgan fingerprint density at radius 3 is 2.28 bits per heavy atom. The summed E-state index contributed by atoms with van der Waals surface area (Å²) in [6.45, 7) is 9.47. The molecule has 3 aromatic heterocycles. The molecular formula is C22H25F3N6O. The molecular weight excluding hydrogens is 421 g/mol. The van der Waals surface area contributed by atoms with Crippen LogP contribution in [0.1, 0.15) is 55.2 Å². The van der Waals surface area contributed by atoms with Gasteiger partial charge >= 0.3 is 6.18 Å². The summed E-state index contributed by atoms with van der Waals surface area (Å²) >= 11 is 0. The molecule has 0 spiro atoms. The van der Waals surface area contributed by atoms with Crippen LogP contribution >= 0.6 is 0 Å². The van der Waals surface area contributed by atoms with Gasteiger partial charge in [-0.05, 0) is 44.0 Å². The van der Waals surface area contributed by atoms with Crippen LogP contribution in [-0.2, 0) is 6.18 Å². The van der Waals surface area contributed by atoms with Crippen molar-refractivity contribution in [3.63, 3.8) is 0 Å². The molecule has 10 heteroatoms. The fraction of sp³-hybridized carbons (Fsp3) is 0.364. The highest BCUT2D eigenvalue weighted by Gasteiger charge is 2.31. The van der Waals surface area contributed by atoms with Crippen molar-refractivity contribution in [2.24, 2.45) is 0 Å². The highest BCUT2D eigenvalue weighted by molar-refractivity contribution is 6.05. The molecule has 32 heavy (non-hydrogen) atoms. The Bertz CT molecular complexity index is 1050. The molecule has 3 aromatic rings. The monoisotopic (exact) mass is 446 g/mol. The summed E-state index contributed by atoms with van der Waals surface area (Å²) in [6, 6.07) is 5.78. The molecule has 0 radical (unpaired) electrons. The maximum absolute atomic E-state index is 12.9. The van der Waals surface area contributed by atoms with Gasteiger partial charge in [-0.15, -0.1) is 0 Å². The number of amides is 1. The molecule has 0 atom stereocenters. The van der Waals surface area contributed by atoms with E-state index in [0.717, 1.165) is 31.2 Å². The Morgan fingerprint density at radius 2 is 1.78 bits per heavy atom. The smallest absolute Gasteiger partial charge is 0.357 e. The van der Waals surface area contributed by atoms with Crippen molar-refractivity contribution in [1.29, 1.82) is 0 Å². The minimum absolute atomic E-state index is 0.134. The second-order valence-electron chi connectivity index (χ2n) is 7.44. The summed E-state index contributed by atoms with van der Waals surface area (Å²) in [7, 11) is 0. The van der Waals surface area contributed by atoms with Gasteiger partial charge in [-0.1, -0.05) is 13.8 Å². The lowest BCUT2D eigenvalue weighted by Gasteiger charge is -2.19. The second-order valence-corrected chi connectivity index (χ2v) is 7.44. The number of rotatable bonds is 7. The second kappa shape index (κ2) is 9.37. The SMILES string of the molecule is CCN(CC)c1ccc(NC(=O)c2cnn(-c3ccc(C(F)(F)F)cn3)c2C(C)C)cn1. The van der Waals surface area contributed by atoms with Gasteiger partial charge < -0.3 is 10.2 Å². The van der Waals surface area contributed by atoms with Gasteiger partial charge in [-0.25, -0.2) is 14.6 Å². The number of nitrogens with zero attached hydrogens (tertiary/aromatic N) is 5. The van der Waals surface area contributed by atoms with Gasteiger partial charge in [0, 0.05) is 19.3 Å². The van der Waals surface area contributed by atoms with E-state index in [0.29, 0.717) is 16.9 Å². The van der Waals surface area contributed by atoms with Gasteiger partial charge in [0.15, 0.2) is 5.82 Å². The van der Waals surface area contributed by atoms with E-state index in [1.54, 1.807) is 12.3 Å². The van der Waals surface area contributed by atoms with Crippen molar-refractivity contribution in [2.75, 3.05) is 23.3 Å². The van der Waals surface area contributed by atoms with Crippen LogP contribution in [0.5, 0.6) is 0 Å². The van der Waals surface area contributed by atoms with E-state index in [1.165, 1.54) is 16.9 Å². The van der Waals surface area contributed by atoms with E-state index in [1.807, 2.05) is 33.8 Å². The first-order chi connectivity index (χ1) is 15.2. The van der Waals surface area contributed by atoms with Crippen molar-refractivity contribution in [2.45, 2.75) is 39.8 Å². The Hall–Kier alpha value is -3.43. The third kappa shape index (κ3) is 4.90.